The average Bonchev–Trinajstić information content (AvgIpc) is 2.28. The SMILES string of the molecule is C[n+]1cc(C=Cc2ccccc2)ccn1. The van der Waals surface area contributed by atoms with Gasteiger partial charge in [-0.05, 0) is 22.8 Å². The van der Waals surface area contributed by atoms with Crippen molar-refractivity contribution in [3.8, 4) is 0 Å². The first-order chi connectivity index (χ1) is 7.34. The fourth-order valence-corrected chi connectivity index (χ4v) is 1.37. The van der Waals surface area contributed by atoms with Crippen LogP contribution in [0.25, 0.3) is 12.2 Å². The van der Waals surface area contributed by atoms with E-state index in [0.29, 0.717) is 0 Å². The van der Waals surface area contributed by atoms with Crippen molar-refractivity contribution in [2.75, 3.05) is 0 Å². The van der Waals surface area contributed by atoms with Crippen LogP contribution in [0, 0.1) is 0 Å². The van der Waals surface area contributed by atoms with E-state index in [1.54, 1.807) is 10.9 Å². The molecule has 0 N–H and O–H groups in total. The van der Waals surface area contributed by atoms with E-state index in [0.717, 1.165) is 5.56 Å². The molecule has 0 saturated carbocycles. The highest BCUT2D eigenvalue weighted by Gasteiger charge is 1.94. The summed E-state index contributed by atoms with van der Waals surface area (Å²) in [7, 11) is 1.92. The maximum absolute atomic E-state index is 4.08. The molecule has 0 radical (unpaired) electrons. The van der Waals surface area contributed by atoms with Gasteiger partial charge in [-0.3, -0.25) is 0 Å². The average molecular weight is 197 g/mol. The maximum Gasteiger partial charge on any atom is 0.203 e. The van der Waals surface area contributed by atoms with E-state index in [1.807, 2.05) is 37.5 Å². The number of rotatable bonds is 2. The lowest BCUT2D eigenvalue weighted by Crippen LogP contribution is -2.31. The standard InChI is InChI=1S/C13H13N2/c1-15-11-13(9-10-14-15)8-7-12-5-3-2-4-6-12/h2-11H,1H3/q+1. The monoisotopic (exact) mass is 197 g/mol. The highest BCUT2D eigenvalue weighted by molar-refractivity contribution is 5.68. The quantitative estimate of drug-likeness (QED) is 0.673. The molecule has 0 fully saturated rings. The second-order valence-electron chi connectivity index (χ2n) is 3.38. The van der Waals surface area contributed by atoms with Crippen LogP contribution in [0.5, 0.6) is 0 Å². The van der Waals surface area contributed by atoms with Crippen LogP contribution in [0.4, 0.5) is 0 Å². The smallest absolute Gasteiger partial charge is 0.0934 e. The van der Waals surface area contributed by atoms with E-state index in [4.69, 9.17) is 0 Å². The Kier molecular flexibility index (Phi) is 2.88. The zero-order valence-corrected chi connectivity index (χ0v) is 8.67. The van der Waals surface area contributed by atoms with E-state index >= 15 is 0 Å². The van der Waals surface area contributed by atoms with Gasteiger partial charge in [0.25, 0.3) is 0 Å². The van der Waals surface area contributed by atoms with E-state index in [9.17, 15) is 0 Å². The number of aryl methyl sites for hydroxylation is 1. The van der Waals surface area contributed by atoms with Crippen molar-refractivity contribution < 1.29 is 4.68 Å². The van der Waals surface area contributed by atoms with Crippen LogP contribution in [0.15, 0.2) is 48.8 Å². The molecule has 0 bridgehead atoms. The van der Waals surface area contributed by atoms with Gasteiger partial charge in [0, 0.05) is 5.56 Å². The minimum Gasteiger partial charge on any atom is -0.0934 e. The van der Waals surface area contributed by atoms with Crippen LogP contribution >= 0.6 is 0 Å². The van der Waals surface area contributed by atoms with Crippen LogP contribution in [0.2, 0.25) is 0 Å². The summed E-state index contributed by atoms with van der Waals surface area (Å²) in [6.45, 7) is 0. The molecule has 2 heteroatoms. The molecule has 0 aliphatic heterocycles. The predicted molar refractivity (Wildman–Crippen MR) is 60.8 cm³/mol. The number of hydrogen-bond donors (Lipinski definition) is 0. The molecule has 1 heterocycles. The van der Waals surface area contributed by atoms with Gasteiger partial charge in [-0.15, -0.1) is 0 Å². The molecule has 2 rings (SSSR count). The van der Waals surface area contributed by atoms with Gasteiger partial charge in [0.15, 0.2) is 7.05 Å². The molecule has 1 aromatic heterocycles. The Morgan fingerprint density at radius 1 is 1.00 bits per heavy atom. The highest BCUT2D eigenvalue weighted by atomic mass is 15.2. The Morgan fingerprint density at radius 3 is 2.47 bits per heavy atom. The molecule has 15 heavy (non-hydrogen) atoms. The van der Waals surface area contributed by atoms with Crippen molar-refractivity contribution >= 4 is 12.2 Å². The van der Waals surface area contributed by atoms with Crippen molar-refractivity contribution in [1.82, 2.24) is 5.10 Å². The van der Waals surface area contributed by atoms with Crippen molar-refractivity contribution in [2.45, 2.75) is 0 Å². The third-order valence-corrected chi connectivity index (χ3v) is 2.12. The Hall–Kier alpha value is -1.96. The molecule has 2 nitrogen and oxygen atoms in total. The molecule has 0 aliphatic carbocycles. The second-order valence-corrected chi connectivity index (χ2v) is 3.38. The van der Waals surface area contributed by atoms with Gasteiger partial charge < -0.3 is 0 Å². The third-order valence-electron chi connectivity index (χ3n) is 2.12. The summed E-state index contributed by atoms with van der Waals surface area (Å²) in [5.74, 6) is 0. The van der Waals surface area contributed by atoms with Crippen LogP contribution in [-0.4, -0.2) is 5.10 Å². The minimum atomic E-state index is 1.15. The maximum atomic E-state index is 4.08. The Balaban J connectivity index is 2.19. The van der Waals surface area contributed by atoms with E-state index in [2.05, 4.69) is 29.4 Å². The van der Waals surface area contributed by atoms with Crippen LogP contribution in [0.3, 0.4) is 0 Å². The van der Waals surface area contributed by atoms with E-state index in [-0.39, 0.29) is 0 Å². The molecular weight excluding hydrogens is 184 g/mol. The first-order valence-electron chi connectivity index (χ1n) is 4.90. The molecule has 0 unspecified atom stereocenters. The fraction of sp³-hybridized carbons (Fsp3) is 0.0769. The molecule has 0 atom stereocenters. The summed E-state index contributed by atoms with van der Waals surface area (Å²) in [5, 5.41) is 4.08. The van der Waals surface area contributed by atoms with Crippen LogP contribution in [0.1, 0.15) is 11.1 Å². The summed E-state index contributed by atoms with van der Waals surface area (Å²) in [4.78, 5) is 0. The summed E-state index contributed by atoms with van der Waals surface area (Å²) >= 11 is 0. The molecule has 2 aromatic rings. The lowest BCUT2D eigenvalue weighted by molar-refractivity contribution is -0.731. The summed E-state index contributed by atoms with van der Waals surface area (Å²) < 4.78 is 1.80. The molecule has 0 spiro atoms. The zero-order valence-electron chi connectivity index (χ0n) is 8.67. The molecule has 74 valence electrons. The van der Waals surface area contributed by atoms with Crippen LogP contribution < -0.4 is 4.68 Å². The lowest BCUT2D eigenvalue weighted by Gasteiger charge is -1.91. The first kappa shape index (κ1) is 9.59. The first-order valence-corrected chi connectivity index (χ1v) is 4.90. The van der Waals surface area contributed by atoms with Crippen LogP contribution in [-0.2, 0) is 7.05 Å². The molecular formula is C13H13N2+. The number of hydrogen-bond acceptors (Lipinski definition) is 1. The van der Waals surface area contributed by atoms with E-state index < -0.39 is 0 Å². The topological polar surface area (TPSA) is 16.8 Å². The molecule has 0 amide bonds. The van der Waals surface area contributed by atoms with Crippen molar-refractivity contribution in [3.63, 3.8) is 0 Å². The van der Waals surface area contributed by atoms with Crippen molar-refractivity contribution in [2.24, 2.45) is 7.05 Å². The predicted octanol–water partition coefficient (Wildman–Crippen LogP) is 2.08. The number of nitrogens with zero attached hydrogens (tertiary/aromatic N) is 2. The zero-order chi connectivity index (χ0) is 10.5. The largest absolute Gasteiger partial charge is 0.203 e. The highest BCUT2D eigenvalue weighted by Crippen LogP contribution is 2.05. The summed E-state index contributed by atoms with van der Waals surface area (Å²) in [5.41, 5.74) is 2.35. The Morgan fingerprint density at radius 2 is 1.73 bits per heavy atom. The summed E-state index contributed by atoms with van der Waals surface area (Å²) in [6.07, 6.45) is 7.95. The third kappa shape index (κ3) is 2.74. The van der Waals surface area contributed by atoms with Crippen molar-refractivity contribution in [3.05, 3.63) is 59.9 Å². The fourth-order valence-electron chi connectivity index (χ4n) is 1.37. The van der Waals surface area contributed by atoms with Gasteiger partial charge in [-0.25, -0.2) is 0 Å². The van der Waals surface area contributed by atoms with Gasteiger partial charge in [0.2, 0.25) is 6.20 Å². The van der Waals surface area contributed by atoms with Gasteiger partial charge >= 0.3 is 0 Å². The number of aromatic nitrogens is 2. The second kappa shape index (κ2) is 4.51. The molecule has 0 saturated heterocycles. The van der Waals surface area contributed by atoms with Gasteiger partial charge in [0.1, 0.15) is 0 Å². The molecule has 1 aromatic carbocycles. The molecule has 0 aliphatic rings. The van der Waals surface area contributed by atoms with E-state index in [1.165, 1.54) is 5.56 Å². The van der Waals surface area contributed by atoms with Gasteiger partial charge in [-0.1, -0.05) is 41.1 Å². The Labute approximate surface area is 89.5 Å². The van der Waals surface area contributed by atoms with Crippen molar-refractivity contribution in [1.29, 1.82) is 0 Å². The lowest BCUT2D eigenvalue weighted by atomic mass is 10.2. The van der Waals surface area contributed by atoms with Gasteiger partial charge in [0.05, 0.1) is 6.20 Å². The summed E-state index contributed by atoms with van der Waals surface area (Å²) in [6, 6.07) is 12.2. The normalized spacial score (nSPS) is 10.7. The number of benzene rings is 1. The van der Waals surface area contributed by atoms with Gasteiger partial charge in [-0.2, -0.15) is 0 Å². The Bertz CT molecular complexity index is 461. The minimum absolute atomic E-state index is 1.15.